The normalized spacial score (nSPS) is 26.4. The first-order valence-electron chi connectivity index (χ1n) is 3.56. The van der Waals surface area contributed by atoms with E-state index in [2.05, 4.69) is 0 Å². The average Bonchev–Trinajstić information content (AvgIpc) is 2.05. The van der Waals surface area contributed by atoms with Gasteiger partial charge in [-0.25, -0.2) is 0 Å². The maximum Gasteiger partial charge on any atom is 0.0496 e. The van der Waals surface area contributed by atoms with E-state index in [0.29, 0.717) is 0 Å². The molecule has 0 bridgehead atoms. The zero-order valence-corrected chi connectivity index (χ0v) is 7.30. The van der Waals surface area contributed by atoms with Crippen LogP contribution in [0, 0.1) is 5.92 Å². The zero-order chi connectivity index (χ0) is 8.27. The molecule has 0 saturated carbocycles. The Kier molecular flexibility index (Phi) is 3.02. The maximum absolute atomic E-state index is 10.9. The summed E-state index contributed by atoms with van der Waals surface area (Å²) in [5.74, 6) is 0.224. The van der Waals surface area contributed by atoms with Gasteiger partial charge in [0.25, 0.3) is 0 Å². The van der Waals surface area contributed by atoms with Crippen LogP contribution in [0.3, 0.4) is 0 Å². The minimum atomic E-state index is -0.876. The molecule has 0 radical (unpaired) electrons. The van der Waals surface area contributed by atoms with Crippen molar-refractivity contribution in [1.82, 2.24) is 0 Å². The van der Waals surface area contributed by atoms with Crippen molar-refractivity contribution in [3.8, 4) is 0 Å². The molecule has 62 valence electrons. The van der Waals surface area contributed by atoms with Crippen molar-refractivity contribution >= 4 is 10.8 Å². The van der Waals surface area contributed by atoms with E-state index in [1.54, 1.807) is 6.26 Å². The molecule has 0 fully saturated rings. The number of hydrogen-bond acceptors (Lipinski definition) is 2. The molecule has 0 heterocycles. The van der Waals surface area contributed by atoms with Crippen LogP contribution >= 0.6 is 0 Å². The summed E-state index contributed by atoms with van der Waals surface area (Å²) in [6, 6.07) is 0. The van der Waals surface area contributed by atoms with Crippen molar-refractivity contribution in [3.05, 3.63) is 23.1 Å². The molecule has 0 aliphatic heterocycles. The molecule has 1 unspecified atom stereocenters. The first-order chi connectivity index (χ1) is 5.24. The summed E-state index contributed by atoms with van der Waals surface area (Å²) in [4.78, 5) is 0.870. The SMILES string of the molecule is CS(=O)C1=CC[C@@H](CO)C=C1. The highest BCUT2D eigenvalue weighted by Crippen LogP contribution is 2.16. The van der Waals surface area contributed by atoms with Crippen molar-refractivity contribution in [3.63, 3.8) is 0 Å². The fourth-order valence-corrected chi connectivity index (χ4v) is 1.59. The van der Waals surface area contributed by atoms with Gasteiger partial charge in [-0.1, -0.05) is 18.2 Å². The fourth-order valence-electron chi connectivity index (χ4n) is 0.994. The molecule has 1 N–H and O–H groups in total. The average molecular weight is 172 g/mol. The lowest BCUT2D eigenvalue weighted by atomic mass is 10.0. The van der Waals surface area contributed by atoms with Gasteiger partial charge in [-0.2, -0.15) is 0 Å². The van der Waals surface area contributed by atoms with E-state index >= 15 is 0 Å². The molecular formula is C8H12O2S. The molecule has 2 nitrogen and oxygen atoms in total. The minimum absolute atomic E-state index is 0.177. The summed E-state index contributed by atoms with van der Waals surface area (Å²) >= 11 is 0. The molecule has 11 heavy (non-hydrogen) atoms. The van der Waals surface area contributed by atoms with Gasteiger partial charge in [0, 0.05) is 34.5 Å². The third kappa shape index (κ3) is 2.27. The molecule has 0 amide bonds. The smallest absolute Gasteiger partial charge is 0.0496 e. The molecule has 0 aromatic heterocycles. The maximum atomic E-state index is 10.9. The van der Waals surface area contributed by atoms with Gasteiger partial charge in [0.2, 0.25) is 0 Å². The molecule has 3 heteroatoms. The lowest BCUT2D eigenvalue weighted by molar-refractivity contribution is 0.253. The second-order valence-electron chi connectivity index (χ2n) is 2.60. The van der Waals surface area contributed by atoms with E-state index < -0.39 is 10.8 Å². The van der Waals surface area contributed by atoms with Crippen LogP contribution in [0.25, 0.3) is 0 Å². The van der Waals surface area contributed by atoms with E-state index in [0.717, 1.165) is 11.3 Å². The van der Waals surface area contributed by atoms with Gasteiger partial charge in [0.05, 0.1) is 0 Å². The second kappa shape index (κ2) is 3.83. The van der Waals surface area contributed by atoms with Gasteiger partial charge in [-0.3, -0.25) is 4.21 Å². The highest BCUT2D eigenvalue weighted by Gasteiger charge is 2.08. The number of aliphatic hydroxyl groups is 1. The Morgan fingerprint density at radius 1 is 1.82 bits per heavy atom. The van der Waals surface area contributed by atoms with E-state index in [1.165, 1.54) is 0 Å². The predicted octanol–water partition coefficient (Wildman–Crippen LogP) is 0.817. The van der Waals surface area contributed by atoms with Gasteiger partial charge in [0.1, 0.15) is 0 Å². The quantitative estimate of drug-likeness (QED) is 0.669. The van der Waals surface area contributed by atoms with E-state index in [-0.39, 0.29) is 12.5 Å². The van der Waals surface area contributed by atoms with Gasteiger partial charge < -0.3 is 5.11 Å². The summed E-state index contributed by atoms with van der Waals surface area (Å²) in [6.07, 6.45) is 8.14. The summed E-state index contributed by atoms with van der Waals surface area (Å²) in [5, 5.41) is 8.76. The van der Waals surface area contributed by atoms with Crippen LogP contribution in [0.2, 0.25) is 0 Å². The molecule has 0 aromatic carbocycles. The molecular weight excluding hydrogens is 160 g/mol. The highest BCUT2D eigenvalue weighted by atomic mass is 32.2. The molecule has 0 spiro atoms. The van der Waals surface area contributed by atoms with Crippen molar-refractivity contribution in [2.45, 2.75) is 6.42 Å². The van der Waals surface area contributed by atoms with E-state index in [9.17, 15) is 4.21 Å². The number of allylic oxidation sites excluding steroid dienone is 2. The van der Waals surface area contributed by atoms with Crippen LogP contribution in [-0.2, 0) is 10.8 Å². The summed E-state index contributed by atoms with van der Waals surface area (Å²) in [5.41, 5.74) is 0. The van der Waals surface area contributed by atoms with Gasteiger partial charge in [-0.05, 0) is 6.42 Å². The lowest BCUT2D eigenvalue weighted by Crippen LogP contribution is -2.05. The van der Waals surface area contributed by atoms with E-state index in [4.69, 9.17) is 5.11 Å². The largest absolute Gasteiger partial charge is 0.396 e. The molecule has 2 atom stereocenters. The molecule has 0 saturated heterocycles. The zero-order valence-electron chi connectivity index (χ0n) is 6.49. The van der Waals surface area contributed by atoms with Crippen LogP contribution in [0.15, 0.2) is 23.1 Å². The Hall–Kier alpha value is -0.410. The topological polar surface area (TPSA) is 37.3 Å². The van der Waals surface area contributed by atoms with Gasteiger partial charge in [-0.15, -0.1) is 0 Å². The number of hydrogen-bond donors (Lipinski definition) is 1. The highest BCUT2D eigenvalue weighted by molar-refractivity contribution is 7.88. The molecule has 0 aromatic rings. The monoisotopic (exact) mass is 172 g/mol. The summed E-state index contributed by atoms with van der Waals surface area (Å²) in [6.45, 7) is 0.177. The van der Waals surface area contributed by atoms with Gasteiger partial charge in [0.15, 0.2) is 0 Å². The summed E-state index contributed by atoms with van der Waals surface area (Å²) in [7, 11) is -0.876. The first-order valence-corrected chi connectivity index (χ1v) is 5.12. The standard InChI is InChI=1S/C8H12O2S/c1-11(10)8-4-2-7(6-9)3-5-8/h2,4-5,7,9H,3,6H2,1H3/t7-,11?/m0/s1. The molecule has 1 aliphatic rings. The summed E-state index contributed by atoms with van der Waals surface area (Å²) < 4.78 is 10.9. The van der Waals surface area contributed by atoms with Crippen molar-refractivity contribution in [2.75, 3.05) is 12.9 Å². The van der Waals surface area contributed by atoms with Crippen LogP contribution in [0.1, 0.15) is 6.42 Å². The minimum Gasteiger partial charge on any atom is -0.396 e. The second-order valence-corrected chi connectivity index (χ2v) is 3.98. The predicted molar refractivity (Wildman–Crippen MR) is 46.5 cm³/mol. The Morgan fingerprint density at radius 3 is 2.91 bits per heavy atom. The Morgan fingerprint density at radius 2 is 2.55 bits per heavy atom. The fraction of sp³-hybridized carbons (Fsp3) is 0.500. The van der Waals surface area contributed by atoms with Crippen LogP contribution in [0.4, 0.5) is 0 Å². The van der Waals surface area contributed by atoms with Crippen molar-refractivity contribution in [2.24, 2.45) is 5.92 Å². The van der Waals surface area contributed by atoms with Crippen molar-refractivity contribution < 1.29 is 9.32 Å². The third-order valence-corrected chi connectivity index (χ3v) is 2.69. The van der Waals surface area contributed by atoms with Crippen LogP contribution in [-0.4, -0.2) is 22.2 Å². The van der Waals surface area contributed by atoms with Crippen molar-refractivity contribution in [1.29, 1.82) is 0 Å². The number of aliphatic hydroxyl groups excluding tert-OH is 1. The van der Waals surface area contributed by atoms with Crippen LogP contribution < -0.4 is 0 Å². The Balaban J connectivity index is 2.60. The Bertz CT molecular complexity index is 218. The third-order valence-electron chi connectivity index (χ3n) is 1.72. The van der Waals surface area contributed by atoms with Crippen LogP contribution in [0.5, 0.6) is 0 Å². The molecule has 1 aliphatic carbocycles. The lowest BCUT2D eigenvalue weighted by Gasteiger charge is -2.11. The first kappa shape index (κ1) is 8.68. The Labute approximate surface area is 69.1 Å². The number of rotatable bonds is 2. The van der Waals surface area contributed by atoms with Gasteiger partial charge >= 0.3 is 0 Å². The molecule has 1 rings (SSSR count). The van der Waals surface area contributed by atoms with E-state index in [1.807, 2.05) is 18.2 Å².